The van der Waals surface area contributed by atoms with Crippen molar-refractivity contribution < 1.29 is 17.5 Å². The number of rotatable bonds is 4. The summed E-state index contributed by atoms with van der Waals surface area (Å²) >= 11 is 6.32. The van der Waals surface area contributed by atoms with Gasteiger partial charge in [-0.1, -0.05) is 15.9 Å². The fourth-order valence-corrected chi connectivity index (χ4v) is 3.85. The first-order valence-corrected chi connectivity index (χ1v) is 8.43. The zero-order valence-electron chi connectivity index (χ0n) is 10.2. The number of nitrogens with zero attached hydrogens (tertiary/aromatic N) is 1. The molecule has 0 saturated heterocycles. The van der Waals surface area contributed by atoms with Gasteiger partial charge in [0, 0.05) is 21.1 Å². The highest BCUT2D eigenvalue weighted by molar-refractivity contribution is 9.11. The van der Waals surface area contributed by atoms with Crippen LogP contribution >= 0.6 is 31.9 Å². The maximum atomic E-state index is 12.2. The van der Waals surface area contributed by atoms with Crippen LogP contribution < -0.4 is 4.18 Å². The molecule has 110 valence electrons. The van der Waals surface area contributed by atoms with E-state index in [4.69, 9.17) is 4.18 Å². The lowest BCUT2D eigenvalue weighted by molar-refractivity contribution is -0.384. The average Bonchev–Trinajstić information content (AvgIpc) is 2.41. The lowest BCUT2D eigenvalue weighted by Gasteiger charge is -2.08. The van der Waals surface area contributed by atoms with Crippen LogP contribution in [-0.4, -0.2) is 13.3 Å². The normalized spacial score (nSPS) is 11.1. The van der Waals surface area contributed by atoms with E-state index in [1.165, 1.54) is 30.3 Å². The molecule has 0 aliphatic rings. The van der Waals surface area contributed by atoms with Crippen LogP contribution in [-0.2, 0) is 10.1 Å². The van der Waals surface area contributed by atoms with Crippen molar-refractivity contribution >= 4 is 47.7 Å². The van der Waals surface area contributed by atoms with Crippen LogP contribution in [0.3, 0.4) is 0 Å². The van der Waals surface area contributed by atoms with Crippen LogP contribution in [0.2, 0.25) is 0 Å². The topological polar surface area (TPSA) is 86.5 Å². The Hall–Kier alpha value is -1.45. The molecular formula is C12H7Br2NO5S. The molecule has 2 rings (SSSR count). The van der Waals surface area contributed by atoms with E-state index in [0.29, 0.717) is 8.95 Å². The van der Waals surface area contributed by atoms with Crippen molar-refractivity contribution in [2.45, 2.75) is 4.90 Å². The largest absolute Gasteiger partial charge is 0.379 e. The quantitative estimate of drug-likeness (QED) is 0.412. The number of benzene rings is 2. The predicted octanol–water partition coefficient (Wildman–Crippen LogP) is 3.89. The maximum Gasteiger partial charge on any atom is 0.340 e. The molecule has 0 spiro atoms. The van der Waals surface area contributed by atoms with Crippen molar-refractivity contribution in [2.24, 2.45) is 0 Å². The number of hydrogen-bond donors (Lipinski definition) is 0. The molecule has 0 aliphatic heterocycles. The molecule has 0 N–H and O–H groups in total. The lowest BCUT2D eigenvalue weighted by Crippen LogP contribution is -2.10. The maximum absolute atomic E-state index is 12.2. The molecule has 0 unspecified atom stereocenters. The molecule has 0 amide bonds. The molecule has 0 radical (unpaired) electrons. The third kappa shape index (κ3) is 3.80. The summed E-state index contributed by atoms with van der Waals surface area (Å²) in [6.07, 6.45) is 0. The predicted molar refractivity (Wildman–Crippen MR) is 82.8 cm³/mol. The van der Waals surface area contributed by atoms with Gasteiger partial charge in [0.1, 0.15) is 10.6 Å². The summed E-state index contributed by atoms with van der Waals surface area (Å²) < 4.78 is 30.3. The van der Waals surface area contributed by atoms with Gasteiger partial charge >= 0.3 is 10.1 Å². The minimum absolute atomic E-state index is 0.00697. The molecule has 0 aliphatic carbocycles. The fourth-order valence-electron chi connectivity index (χ4n) is 1.46. The molecule has 9 heteroatoms. The molecule has 0 aromatic heterocycles. The smallest absolute Gasteiger partial charge is 0.340 e. The minimum atomic E-state index is -4.05. The number of hydrogen-bond acceptors (Lipinski definition) is 5. The van der Waals surface area contributed by atoms with Gasteiger partial charge in [-0.3, -0.25) is 10.1 Å². The average molecular weight is 437 g/mol. The van der Waals surface area contributed by atoms with Gasteiger partial charge in [-0.25, -0.2) is 0 Å². The van der Waals surface area contributed by atoms with Crippen LogP contribution in [0.15, 0.2) is 56.3 Å². The highest BCUT2D eigenvalue weighted by atomic mass is 79.9. The second-order valence-corrected chi connectivity index (χ2v) is 7.15. The summed E-state index contributed by atoms with van der Waals surface area (Å²) in [7, 11) is -4.05. The van der Waals surface area contributed by atoms with Crippen molar-refractivity contribution in [3.8, 4) is 5.75 Å². The van der Waals surface area contributed by atoms with E-state index >= 15 is 0 Å². The van der Waals surface area contributed by atoms with E-state index in [-0.39, 0.29) is 16.3 Å². The highest BCUT2D eigenvalue weighted by Crippen LogP contribution is 2.28. The van der Waals surface area contributed by atoms with Gasteiger partial charge in [-0.15, -0.1) is 0 Å². The second-order valence-electron chi connectivity index (χ2n) is 3.86. The van der Waals surface area contributed by atoms with Crippen molar-refractivity contribution in [3.05, 3.63) is 61.5 Å². The van der Waals surface area contributed by atoms with Gasteiger partial charge in [0.05, 0.1) is 4.92 Å². The zero-order chi connectivity index (χ0) is 15.6. The Bertz CT molecular complexity index is 790. The van der Waals surface area contributed by atoms with Crippen molar-refractivity contribution in [1.29, 1.82) is 0 Å². The van der Waals surface area contributed by atoms with E-state index in [0.717, 1.165) is 0 Å². The molecule has 21 heavy (non-hydrogen) atoms. The molecule has 0 bridgehead atoms. The lowest BCUT2D eigenvalue weighted by atomic mass is 10.3. The van der Waals surface area contributed by atoms with Crippen LogP contribution in [0.4, 0.5) is 5.69 Å². The van der Waals surface area contributed by atoms with Crippen LogP contribution in [0.1, 0.15) is 0 Å². The van der Waals surface area contributed by atoms with Gasteiger partial charge in [0.25, 0.3) is 5.69 Å². The van der Waals surface area contributed by atoms with Crippen molar-refractivity contribution in [3.63, 3.8) is 0 Å². The summed E-state index contributed by atoms with van der Waals surface area (Å²) in [5, 5.41) is 10.5. The molecule has 0 fully saturated rings. The van der Waals surface area contributed by atoms with Crippen LogP contribution in [0.5, 0.6) is 5.75 Å². The number of halogens is 2. The van der Waals surface area contributed by atoms with Gasteiger partial charge in [-0.2, -0.15) is 8.42 Å². The molecule has 0 saturated carbocycles. The number of nitro benzene ring substituents is 1. The van der Waals surface area contributed by atoms with Crippen LogP contribution in [0, 0.1) is 10.1 Å². The van der Waals surface area contributed by atoms with Gasteiger partial charge in [0.2, 0.25) is 0 Å². The Morgan fingerprint density at radius 3 is 2.24 bits per heavy atom. The first-order valence-electron chi connectivity index (χ1n) is 5.43. The Kier molecular flexibility index (Phi) is 4.64. The highest BCUT2D eigenvalue weighted by Gasteiger charge is 2.21. The zero-order valence-corrected chi connectivity index (χ0v) is 14.2. The second kappa shape index (κ2) is 6.12. The Balaban J connectivity index is 2.33. The molecule has 0 atom stereocenters. The summed E-state index contributed by atoms with van der Waals surface area (Å²) in [5.74, 6) is -0.00697. The number of nitro groups is 1. The molecule has 2 aromatic rings. The Morgan fingerprint density at radius 2 is 1.67 bits per heavy atom. The first-order chi connectivity index (χ1) is 9.79. The Labute approximate surface area is 137 Å². The molecule has 6 nitrogen and oxygen atoms in total. The third-order valence-electron chi connectivity index (χ3n) is 2.42. The number of non-ortho nitro benzene ring substituents is 1. The third-order valence-corrected chi connectivity index (χ3v) is 5.15. The van der Waals surface area contributed by atoms with Crippen molar-refractivity contribution in [2.75, 3.05) is 0 Å². The summed E-state index contributed by atoms with van der Waals surface area (Å²) in [6.45, 7) is 0. The van der Waals surface area contributed by atoms with Gasteiger partial charge in [-0.05, 0) is 46.3 Å². The fraction of sp³-hybridized carbons (Fsp3) is 0. The SMILES string of the molecule is O=[N+]([O-])c1ccc(OS(=O)(=O)c2cc(Br)ccc2Br)cc1. The van der Waals surface area contributed by atoms with Crippen molar-refractivity contribution in [1.82, 2.24) is 0 Å². The monoisotopic (exact) mass is 435 g/mol. The summed E-state index contributed by atoms with van der Waals surface area (Å²) in [4.78, 5) is 9.91. The van der Waals surface area contributed by atoms with Crippen LogP contribution in [0.25, 0.3) is 0 Å². The first kappa shape index (κ1) is 15.9. The van der Waals surface area contributed by atoms with E-state index in [9.17, 15) is 18.5 Å². The van der Waals surface area contributed by atoms with Gasteiger partial charge < -0.3 is 4.18 Å². The van der Waals surface area contributed by atoms with E-state index in [2.05, 4.69) is 31.9 Å². The van der Waals surface area contributed by atoms with E-state index in [1.54, 1.807) is 12.1 Å². The summed E-state index contributed by atoms with van der Waals surface area (Å²) in [5.41, 5.74) is -0.150. The summed E-state index contributed by atoms with van der Waals surface area (Å²) in [6, 6.07) is 9.42. The molecular weight excluding hydrogens is 430 g/mol. The van der Waals surface area contributed by atoms with E-state index < -0.39 is 15.0 Å². The standard InChI is InChI=1S/C12H7Br2NO5S/c13-8-1-6-11(14)12(7-8)21(18,19)20-10-4-2-9(3-5-10)15(16)17/h1-7H. The van der Waals surface area contributed by atoms with Gasteiger partial charge in [0.15, 0.2) is 0 Å². The minimum Gasteiger partial charge on any atom is -0.379 e. The molecule has 2 aromatic carbocycles. The molecule has 0 heterocycles. The van der Waals surface area contributed by atoms with E-state index in [1.807, 2.05) is 0 Å². The Morgan fingerprint density at radius 1 is 1.05 bits per heavy atom.